The molecule has 0 radical (unpaired) electrons. The van der Waals surface area contributed by atoms with Crippen molar-refractivity contribution < 1.29 is 0 Å². The number of halogens is 4. The largest absolute Gasteiger partial charge is 0.115 e. The standard InChI is InChI=1S/C50H46Br4/c1-12-34-21-35(13-15-37-24-45(51)43(46(52)25-37)28-41-30(2)17-39(18-31(41)3)49(6,7)8)23-36(22-34)14-16-38-26-47(53)44(48(54)27-38)29-42-32(4)19-40(20-33(42)5)50(9,10)11/h1,17-27H,28-29H2,2-11H3. The first kappa shape index (κ1) is 41.9. The second-order valence-corrected chi connectivity index (χ2v) is 19.7. The zero-order valence-electron chi connectivity index (χ0n) is 32.9. The maximum absolute atomic E-state index is 5.87. The van der Waals surface area contributed by atoms with Gasteiger partial charge in [0.15, 0.2) is 0 Å². The minimum Gasteiger partial charge on any atom is -0.115 e. The van der Waals surface area contributed by atoms with Crippen molar-refractivity contribution in [3.8, 4) is 36.0 Å². The molecule has 5 aromatic carbocycles. The Morgan fingerprint density at radius 2 is 0.667 bits per heavy atom. The fourth-order valence-corrected chi connectivity index (χ4v) is 9.53. The third kappa shape index (κ3) is 10.1. The Kier molecular flexibility index (Phi) is 13.0. The van der Waals surface area contributed by atoms with Crippen LogP contribution in [0.3, 0.4) is 0 Å². The number of benzene rings is 5. The Morgan fingerprint density at radius 3 is 0.926 bits per heavy atom. The van der Waals surface area contributed by atoms with Gasteiger partial charge >= 0.3 is 0 Å². The fraction of sp³-hybridized carbons (Fsp3) is 0.280. The molecule has 0 atom stereocenters. The van der Waals surface area contributed by atoms with Gasteiger partial charge in [0.25, 0.3) is 0 Å². The van der Waals surface area contributed by atoms with Crippen molar-refractivity contribution in [2.45, 2.75) is 92.9 Å². The predicted octanol–water partition coefficient (Wildman–Crippen LogP) is 14.5. The SMILES string of the molecule is C#Cc1cc(C#Cc2cc(Br)c(Cc3c(C)cc(C(C)(C)C)cc3C)c(Br)c2)cc(C#Cc2cc(Br)c(Cc3c(C)cc(C(C)(C)C)cc3C)c(Br)c2)c1. The van der Waals surface area contributed by atoms with Gasteiger partial charge in [0, 0.05) is 58.5 Å². The highest BCUT2D eigenvalue weighted by molar-refractivity contribution is 9.11. The summed E-state index contributed by atoms with van der Waals surface area (Å²) in [6.45, 7) is 22.4. The van der Waals surface area contributed by atoms with Crippen LogP contribution in [0, 0.1) is 63.7 Å². The van der Waals surface area contributed by atoms with E-state index in [-0.39, 0.29) is 10.8 Å². The summed E-state index contributed by atoms with van der Waals surface area (Å²) in [4.78, 5) is 0. The summed E-state index contributed by atoms with van der Waals surface area (Å²) >= 11 is 15.4. The minimum absolute atomic E-state index is 0.114. The molecule has 0 aliphatic carbocycles. The topological polar surface area (TPSA) is 0 Å². The van der Waals surface area contributed by atoms with Crippen LogP contribution < -0.4 is 0 Å². The van der Waals surface area contributed by atoms with Gasteiger partial charge in [0.05, 0.1) is 0 Å². The Bertz CT molecular complexity index is 2200. The molecule has 0 saturated carbocycles. The van der Waals surface area contributed by atoms with Crippen LogP contribution in [0.4, 0.5) is 0 Å². The van der Waals surface area contributed by atoms with E-state index in [9.17, 15) is 0 Å². The minimum atomic E-state index is 0.114. The van der Waals surface area contributed by atoms with Crippen LogP contribution in [0.25, 0.3) is 0 Å². The lowest BCUT2D eigenvalue weighted by atomic mass is 9.83. The van der Waals surface area contributed by atoms with Gasteiger partial charge in [-0.05, 0) is 137 Å². The van der Waals surface area contributed by atoms with Gasteiger partial charge < -0.3 is 0 Å². The van der Waals surface area contributed by atoms with E-state index in [4.69, 9.17) is 6.42 Å². The van der Waals surface area contributed by atoms with E-state index in [0.29, 0.717) is 0 Å². The molecule has 0 N–H and O–H groups in total. The molecule has 0 spiro atoms. The molecule has 5 rings (SSSR count). The van der Waals surface area contributed by atoms with Crippen LogP contribution in [0.15, 0.2) is 84.6 Å². The third-order valence-corrected chi connectivity index (χ3v) is 12.7. The maximum Gasteiger partial charge on any atom is 0.0273 e. The zero-order chi connectivity index (χ0) is 39.7. The molecule has 0 fully saturated rings. The first-order chi connectivity index (χ1) is 25.2. The molecular weight excluding hydrogens is 920 g/mol. The van der Waals surface area contributed by atoms with Gasteiger partial charge in [-0.3, -0.25) is 0 Å². The molecule has 0 heterocycles. The molecular formula is C50H46Br4. The van der Waals surface area contributed by atoms with E-state index < -0.39 is 0 Å². The average Bonchev–Trinajstić information content (AvgIpc) is 3.07. The molecule has 0 bridgehead atoms. The van der Waals surface area contributed by atoms with Gasteiger partial charge in [-0.25, -0.2) is 0 Å². The number of terminal acetylenes is 1. The van der Waals surface area contributed by atoms with E-state index in [1.54, 1.807) is 0 Å². The molecule has 274 valence electrons. The van der Waals surface area contributed by atoms with Gasteiger partial charge in [0.1, 0.15) is 0 Å². The highest BCUT2D eigenvalue weighted by Gasteiger charge is 2.19. The Balaban J connectivity index is 1.38. The van der Waals surface area contributed by atoms with Gasteiger partial charge in [-0.15, -0.1) is 6.42 Å². The van der Waals surface area contributed by atoms with Crippen LogP contribution in [-0.2, 0) is 23.7 Å². The van der Waals surface area contributed by atoms with Crippen LogP contribution in [0.1, 0.15) is 125 Å². The lowest BCUT2D eigenvalue weighted by Gasteiger charge is -2.23. The summed E-state index contributed by atoms with van der Waals surface area (Å²) in [6.07, 6.45) is 7.52. The number of hydrogen-bond acceptors (Lipinski definition) is 0. The first-order valence-corrected chi connectivity index (χ1v) is 21.2. The highest BCUT2D eigenvalue weighted by Crippen LogP contribution is 2.35. The van der Waals surface area contributed by atoms with Crippen molar-refractivity contribution in [3.63, 3.8) is 0 Å². The summed E-state index contributed by atoms with van der Waals surface area (Å²) in [6, 6.07) is 23.6. The predicted molar refractivity (Wildman–Crippen MR) is 245 cm³/mol. The molecule has 0 unspecified atom stereocenters. The lowest BCUT2D eigenvalue weighted by molar-refractivity contribution is 0.588. The van der Waals surface area contributed by atoms with Gasteiger partial charge in [-0.1, -0.05) is 159 Å². The van der Waals surface area contributed by atoms with Crippen LogP contribution in [0.5, 0.6) is 0 Å². The van der Waals surface area contributed by atoms with Crippen molar-refractivity contribution in [1.29, 1.82) is 0 Å². The van der Waals surface area contributed by atoms with E-state index in [2.05, 4.69) is 211 Å². The quantitative estimate of drug-likeness (QED) is 0.158. The smallest absolute Gasteiger partial charge is 0.0273 e. The Hall–Kier alpha value is -3.30. The van der Waals surface area contributed by atoms with Crippen LogP contribution in [0.2, 0.25) is 0 Å². The number of rotatable bonds is 4. The Labute approximate surface area is 357 Å². The van der Waals surface area contributed by atoms with Crippen molar-refractivity contribution in [1.82, 2.24) is 0 Å². The highest BCUT2D eigenvalue weighted by atomic mass is 79.9. The number of aryl methyl sites for hydroxylation is 4. The molecule has 0 nitrogen and oxygen atoms in total. The molecule has 0 aliphatic heterocycles. The van der Waals surface area contributed by atoms with E-state index >= 15 is 0 Å². The van der Waals surface area contributed by atoms with Crippen LogP contribution in [-0.4, -0.2) is 0 Å². The number of hydrogen-bond donors (Lipinski definition) is 0. The summed E-state index contributed by atoms with van der Waals surface area (Å²) in [5.41, 5.74) is 17.5. The van der Waals surface area contributed by atoms with E-state index in [1.807, 2.05) is 18.2 Å². The van der Waals surface area contributed by atoms with Gasteiger partial charge in [-0.2, -0.15) is 0 Å². The summed E-state index contributed by atoms with van der Waals surface area (Å²) < 4.78 is 4.10. The lowest BCUT2D eigenvalue weighted by Crippen LogP contribution is -2.12. The molecule has 0 aliphatic rings. The van der Waals surface area contributed by atoms with E-state index in [0.717, 1.165) is 58.5 Å². The van der Waals surface area contributed by atoms with Crippen molar-refractivity contribution in [3.05, 3.63) is 168 Å². The second kappa shape index (κ2) is 16.8. The second-order valence-electron chi connectivity index (χ2n) is 16.3. The van der Waals surface area contributed by atoms with Crippen LogP contribution >= 0.6 is 63.7 Å². The van der Waals surface area contributed by atoms with E-state index in [1.165, 1.54) is 55.6 Å². The average molecular weight is 967 g/mol. The fourth-order valence-electron chi connectivity index (χ4n) is 6.60. The molecule has 4 heteroatoms. The normalized spacial score (nSPS) is 11.4. The molecule has 54 heavy (non-hydrogen) atoms. The van der Waals surface area contributed by atoms with Gasteiger partial charge in [0.2, 0.25) is 0 Å². The summed E-state index contributed by atoms with van der Waals surface area (Å²) in [7, 11) is 0. The summed E-state index contributed by atoms with van der Waals surface area (Å²) in [5, 5.41) is 0. The Morgan fingerprint density at radius 1 is 0.407 bits per heavy atom. The maximum atomic E-state index is 5.87. The monoisotopic (exact) mass is 962 g/mol. The zero-order valence-corrected chi connectivity index (χ0v) is 39.2. The van der Waals surface area contributed by atoms with Crippen molar-refractivity contribution in [2.75, 3.05) is 0 Å². The first-order valence-electron chi connectivity index (χ1n) is 18.1. The molecule has 0 amide bonds. The molecule has 5 aromatic rings. The van der Waals surface area contributed by atoms with Crippen molar-refractivity contribution in [2.24, 2.45) is 0 Å². The molecule has 0 saturated heterocycles. The third-order valence-electron chi connectivity index (χ3n) is 9.92. The molecule has 0 aromatic heterocycles. The van der Waals surface area contributed by atoms with Crippen molar-refractivity contribution >= 4 is 63.7 Å². The summed E-state index contributed by atoms with van der Waals surface area (Å²) in [5.74, 6) is 16.2.